The maximum atomic E-state index is 13.5. The Labute approximate surface area is 355 Å². The third-order valence-electron chi connectivity index (χ3n) is 13.3. The lowest BCUT2D eigenvalue weighted by atomic mass is 9.49. The van der Waals surface area contributed by atoms with E-state index in [9.17, 15) is 29.2 Å². The van der Waals surface area contributed by atoms with E-state index in [-0.39, 0.29) is 59.0 Å². The molecule has 3 heterocycles. The van der Waals surface area contributed by atoms with Gasteiger partial charge in [-0.15, -0.1) is 0 Å². The average Bonchev–Trinajstić information content (AvgIpc) is 3.45. The molecule has 5 aliphatic rings. The van der Waals surface area contributed by atoms with Gasteiger partial charge in [-0.2, -0.15) is 5.26 Å². The zero-order chi connectivity index (χ0) is 42.5. The molecule has 3 N–H and O–H groups in total. The van der Waals surface area contributed by atoms with Crippen LogP contribution in [0.3, 0.4) is 0 Å². The van der Waals surface area contributed by atoms with E-state index in [1.165, 1.54) is 0 Å². The number of carbonyl (C=O) groups is 5. The van der Waals surface area contributed by atoms with E-state index < -0.39 is 29.7 Å². The molecule has 3 aromatic carbocycles. The van der Waals surface area contributed by atoms with E-state index in [0.717, 1.165) is 62.3 Å². The fraction of sp³-hybridized carbons (Fsp3) is 0.478. The Bertz CT molecular complexity index is 2240. The van der Waals surface area contributed by atoms with Crippen LogP contribution in [0.15, 0.2) is 60.7 Å². The molecule has 0 radical (unpaired) electrons. The van der Waals surface area contributed by atoms with Crippen molar-refractivity contribution in [1.29, 1.82) is 5.26 Å². The number of benzene rings is 3. The van der Waals surface area contributed by atoms with Crippen LogP contribution in [0.4, 0.5) is 5.69 Å². The second-order valence-electron chi connectivity index (χ2n) is 18.1. The summed E-state index contributed by atoms with van der Waals surface area (Å²) >= 11 is 6.25. The number of hydrogen-bond donors (Lipinski definition) is 3. The van der Waals surface area contributed by atoms with Crippen molar-refractivity contribution in [2.75, 3.05) is 24.5 Å². The quantitative estimate of drug-likeness (QED) is 0.183. The van der Waals surface area contributed by atoms with Crippen LogP contribution in [-0.2, 0) is 9.59 Å². The number of nitriles is 1. The number of hydrogen-bond acceptors (Lipinski definition) is 10. The Balaban J connectivity index is 0.738. The minimum absolute atomic E-state index is 0.0394. The average molecular weight is 835 g/mol. The molecule has 1 unspecified atom stereocenters. The molecule has 60 heavy (non-hydrogen) atoms. The number of rotatable bonds is 12. The van der Waals surface area contributed by atoms with E-state index >= 15 is 0 Å². The third-order valence-corrected chi connectivity index (χ3v) is 13.6. The first-order valence-corrected chi connectivity index (χ1v) is 21.3. The van der Waals surface area contributed by atoms with E-state index in [1.54, 1.807) is 36.4 Å². The van der Waals surface area contributed by atoms with Crippen LogP contribution >= 0.6 is 11.6 Å². The van der Waals surface area contributed by atoms with Crippen LogP contribution < -0.4 is 30.3 Å². The zero-order valence-corrected chi connectivity index (χ0v) is 35.1. The molecule has 0 spiro atoms. The standard InChI is InChI=1S/C46H51ClN6O7/c1-45(2)43(46(3,4)44(45)60-32-10-7-28(25-48)36(47)24-32)51-39(55)27-5-8-30(9-6-27)52-19-16-29(17-20-52)49-18-15-26-21-33(22-26)59-31-11-12-34-35(23-31)42(58)53(41(34)57)37-13-14-38(54)50-40(37)56/h5-12,23-24,26,29,33,37,43-44,49H,13-22H2,1-4H3,(H,51,55)(H,50,54,56). The largest absolute Gasteiger partial charge is 0.490 e. The molecule has 2 saturated heterocycles. The summed E-state index contributed by atoms with van der Waals surface area (Å²) < 4.78 is 12.6. The van der Waals surface area contributed by atoms with E-state index in [2.05, 4.69) is 54.6 Å². The first kappa shape index (κ1) is 41.3. The van der Waals surface area contributed by atoms with Crippen LogP contribution in [-0.4, -0.2) is 84.4 Å². The summed E-state index contributed by atoms with van der Waals surface area (Å²) in [5.41, 5.74) is 1.89. The maximum Gasteiger partial charge on any atom is 0.262 e. The Morgan fingerprint density at radius 1 is 0.883 bits per heavy atom. The predicted octanol–water partition coefficient (Wildman–Crippen LogP) is 6.03. The van der Waals surface area contributed by atoms with Crippen LogP contribution in [0.1, 0.15) is 109 Å². The monoisotopic (exact) mass is 834 g/mol. The van der Waals surface area contributed by atoms with Gasteiger partial charge in [0.25, 0.3) is 17.7 Å². The summed E-state index contributed by atoms with van der Waals surface area (Å²) in [7, 11) is 0. The fourth-order valence-electron chi connectivity index (χ4n) is 10.2. The van der Waals surface area contributed by atoms with Crippen LogP contribution in [0.2, 0.25) is 5.02 Å². The first-order chi connectivity index (χ1) is 28.6. The van der Waals surface area contributed by atoms with Gasteiger partial charge in [0.2, 0.25) is 11.8 Å². The number of amides is 5. The molecule has 3 aromatic rings. The van der Waals surface area contributed by atoms with Gasteiger partial charge in [-0.25, -0.2) is 0 Å². The molecule has 314 valence electrons. The van der Waals surface area contributed by atoms with Crippen LogP contribution in [0.25, 0.3) is 0 Å². The molecule has 8 rings (SSSR count). The van der Waals surface area contributed by atoms with Crippen molar-refractivity contribution in [2.45, 2.75) is 103 Å². The number of imide groups is 2. The maximum absolute atomic E-state index is 13.5. The Morgan fingerprint density at radius 2 is 1.55 bits per heavy atom. The molecule has 4 fully saturated rings. The number of carbonyl (C=O) groups excluding carboxylic acids is 5. The molecular formula is C46H51ClN6O7. The summed E-state index contributed by atoms with van der Waals surface area (Å²) in [6.07, 6.45) is 5.01. The van der Waals surface area contributed by atoms with E-state index in [0.29, 0.717) is 39.6 Å². The molecule has 13 nitrogen and oxygen atoms in total. The summed E-state index contributed by atoms with van der Waals surface area (Å²) in [5.74, 6) is -0.534. The number of nitrogens with one attached hydrogen (secondary N) is 3. The molecule has 0 aromatic heterocycles. The Morgan fingerprint density at radius 3 is 2.22 bits per heavy atom. The second-order valence-corrected chi connectivity index (χ2v) is 18.5. The lowest BCUT2D eigenvalue weighted by Crippen LogP contribution is -2.74. The minimum Gasteiger partial charge on any atom is -0.490 e. The highest BCUT2D eigenvalue weighted by Crippen LogP contribution is 2.55. The minimum atomic E-state index is -0.993. The molecular weight excluding hydrogens is 784 g/mol. The number of piperidine rings is 2. The lowest BCUT2D eigenvalue weighted by molar-refractivity contribution is -0.164. The lowest BCUT2D eigenvalue weighted by Gasteiger charge is -2.63. The van der Waals surface area contributed by atoms with Crippen LogP contribution in [0, 0.1) is 28.1 Å². The van der Waals surface area contributed by atoms with Gasteiger partial charge in [0, 0.05) is 59.7 Å². The molecule has 3 aliphatic heterocycles. The van der Waals surface area contributed by atoms with Gasteiger partial charge >= 0.3 is 0 Å². The molecule has 14 heteroatoms. The number of ether oxygens (including phenoxy) is 2. The highest BCUT2D eigenvalue weighted by molar-refractivity contribution is 6.31. The van der Waals surface area contributed by atoms with Crippen molar-refractivity contribution in [1.82, 2.24) is 20.9 Å². The highest BCUT2D eigenvalue weighted by Gasteiger charge is 2.64. The Kier molecular flexibility index (Phi) is 11.1. The van der Waals surface area contributed by atoms with Gasteiger partial charge < -0.3 is 25.0 Å². The van der Waals surface area contributed by atoms with Crippen molar-refractivity contribution in [3.63, 3.8) is 0 Å². The number of nitrogens with zero attached hydrogens (tertiary/aromatic N) is 3. The first-order valence-electron chi connectivity index (χ1n) is 20.9. The fourth-order valence-corrected chi connectivity index (χ4v) is 10.4. The zero-order valence-electron chi connectivity index (χ0n) is 34.4. The van der Waals surface area contributed by atoms with Crippen molar-refractivity contribution in [2.24, 2.45) is 16.7 Å². The predicted molar refractivity (Wildman–Crippen MR) is 224 cm³/mol. The van der Waals surface area contributed by atoms with Gasteiger partial charge in [0.15, 0.2) is 0 Å². The summed E-state index contributed by atoms with van der Waals surface area (Å²) in [5, 5.41) is 18.8. The van der Waals surface area contributed by atoms with Crippen LogP contribution in [0.5, 0.6) is 11.5 Å². The topological polar surface area (TPSA) is 170 Å². The van der Waals surface area contributed by atoms with Gasteiger partial charge in [0.1, 0.15) is 29.7 Å². The summed E-state index contributed by atoms with van der Waals surface area (Å²) in [4.78, 5) is 66.9. The van der Waals surface area contributed by atoms with Gasteiger partial charge in [-0.1, -0.05) is 39.3 Å². The van der Waals surface area contributed by atoms with Crippen molar-refractivity contribution >= 4 is 46.8 Å². The summed E-state index contributed by atoms with van der Waals surface area (Å²) in [6.45, 7) is 11.2. The SMILES string of the molecule is CC1(C)C(NC(=O)c2ccc(N3CCC(NCCC4CC(Oc5ccc6c(c5)C(=O)N(C5CCC(=O)NC5=O)C6=O)C4)CC3)cc2)C(C)(C)C1Oc1ccc(C#N)c(Cl)c1. The van der Waals surface area contributed by atoms with Crippen molar-refractivity contribution in [3.8, 4) is 17.6 Å². The second kappa shape index (κ2) is 16.2. The van der Waals surface area contributed by atoms with E-state index in [1.807, 2.05) is 24.3 Å². The third kappa shape index (κ3) is 7.83. The van der Waals surface area contributed by atoms with Gasteiger partial charge in [0.05, 0.1) is 27.8 Å². The molecule has 0 bridgehead atoms. The molecule has 1 atom stereocenters. The molecule has 2 aliphatic carbocycles. The van der Waals surface area contributed by atoms with E-state index in [4.69, 9.17) is 21.1 Å². The highest BCUT2D eigenvalue weighted by atomic mass is 35.5. The number of anilines is 1. The normalized spacial score (nSPS) is 25.7. The number of halogens is 1. The van der Waals surface area contributed by atoms with Crippen molar-refractivity contribution in [3.05, 3.63) is 87.9 Å². The number of fused-ring (bicyclic) bond motifs is 1. The Hall–Kier alpha value is -5.45. The smallest absolute Gasteiger partial charge is 0.262 e. The summed E-state index contributed by atoms with van der Waals surface area (Å²) in [6, 6.07) is 19.2. The molecule has 2 saturated carbocycles. The van der Waals surface area contributed by atoms with Crippen molar-refractivity contribution < 1.29 is 33.4 Å². The van der Waals surface area contributed by atoms with Gasteiger partial charge in [-0.3, -0.25) is 34.2 Å². The molecule has 5 amide bonds. The van der Waals surface area contributed by atoms with Gasteiger partial charge in [-0.05, 0) is 106 Å².